The fourth-order valence-corrected chi connectivity index (χ4v) is 6.56. The zero-order chi connectivity index (χ0) is 23.9. The molecular weight excluding hydrogens is 432 g/mol. The molecule has 2 atom stereocenters. The van der Waals surface area contributed by atoms with Crippen LogP contribution >= 0.6 is 0 Å². The molecule has 3 aromatic rings. The van der Waals surface area contributed by atoms with Crippen molar-refractivity contribution in [1.29, 1.82) is 0 Å². The van der Waals surface area contributed by atoms with Gasteiger partial charge >= 0.3 is 0 Å². The number of nitro groups is 1. The van der Waals surface area contributed by atoms with E-state index in [1.54, 1.807) is 13.0 Å². The maximum absolute atomic E-state index is 14.0. The van der Waals surface area contributed by atoms with Crippen LogP contribution < -0.4 is 4.90 Å². The average molecular weight is 452 g/mol. The number of hydrogen-bond acceptors (Lipinski definition) is 5. The van der Waals surface area contributed by atoms with Gasteiger partial charge < -0.3 is 0 Å². The molecule has 7 heteroatoms. The normalized spacial score (nSPS) is 26.2. The maximum Gasteiger partial charge on any atom is 0.274 e. The molecule has 0 saturated carbocycles. The summed E-state index contributed by atoms with van der Waals surface area (Å²) < 4.78 is 0. The van der Waals surface area contributed by atoms with Gasteiger partial charge in [-0.1, -0.05) is 54.6 Å². The van der Waals surface area contributed by atoms with Crippen molar-refractivity contribution in [2.45, 2.75) is 25.2 Å². The Morgan fingerprint density at radius 3 is 2.09 bits per heavy atom. The van der Waals surface area contributed by atoms with Crippen LogP contribution in [0.4, 0.5) is 11.4 Å². The Labute approximate surface area is 195 Å². The summed E-state index contributed by atoms with van der Waals surface area (Å²) in [4.78, 5) is 53.6. The fraction of sp³-hybridized carbons (Fsp3) is 0.222. The van der Waals surface area contributed by atoms with Gasteiger partial charge in [0.2, 0.25) is 11.8 Å². The van der Waals surface area contributed by atoms with E-state index >= 15 is 0 Å². The highest BCUT2D eigenvalue weighted by Crippen LogP contribution is 2.64. The lowest BCUT2D eigenvalue weighted by atomic mass is 9.46. The topological polar surface area (TPSA) is 97.6 Å². The lowest BCUT2D eigenvalue weighted by Gasteiger charge is -2.52. The summed E-state index contributed by atoms with van der Waals surface area (Å²) in [5.74, 6) is -3.15. The van der Waals surface area contributed by atoms with Crippen molar-refractivity contribution in [1.82, 2.24) is 0 Å². The molecule has 7 nitrogen and oxygen atoms in total. The number of nitro benzene ring substituents is 1. The highest BCUT2D eigenvalue weighted by molar-refractivity contribution is 6.25. The van der Waals surface area contributed by atoms with Crippen molar-refractivity contribution in [3.05, 3.63) is 105 Å². The van der Waals surface area contributed by atoms with Gasteiger partial charge in [0.15, 0.2) is 0 Å². The first-order valence-corrected chi connectivity index (χ1v) is 11.1. The van der Waals surface area contributed by atoms with Gasteiger partial charge in [0.1, 0.15) is 5.78 Å². The number of benzene rings is 3. The van der Waals surface area contributed by atoms with Gasteiger partial charge in [0, 0.05) is 17.5 Å². The summed E-state index contributed by atoms with van der Waals surface area (Å²) in [5, 5.41) is 11.5. The molecule has 1 saturated heterocycles. The molecule has 4 aliphatic rings. The Hall–Kier alpha value is -4.13. The summed E-state index contributed by atoms with van der Waals surface area (Å²) in [6, 6.07) is 19.5. The molecule has 34 heavy (non-hydrogen) atoms. The minimum absolute atomic E-state index is 0.160. The smallest absolute Gasteiger partial charge is 0.274 e. The Balaban J connectivity index is 1.63. The van der Waals surface area contributed by atoms with Gasteiger partial charge in [-0.2, -0.15) is 0 Å². The number of nitrogens with zero attached hydrogens (tertiary/aromatic N) is 2. The zero-order valence-electron chi connectivity index (χ0n) is 18.5. The summed E-state index contributed by atoms with van der Waals surface area (Å²) in [7, 11) is 0. The highest BCUT2D eigenvalue weighted by Gasteiger charge is 2.70. The molecule has 2 amide bonds. The van der Waals surface area contributed by atoms with E-state index in [1.807, 2.05) is 48.5 Å². The molecular formula is C27H20N2O5. The molecule has 0 aromatic heterocycles. The van der Waals surface area contributed by atoms with E-state index in [1.165, 1.54) is 19.1 Å². The third kappa shape index (κ3) is 2.24. The predicted octanol–water partition coefficient (Wildman–Crippen LogP) is 4.04. The second kappa shape index (κ2) is 6.70. The SMILES string of the molecule is CC(=O)C12c3ccccc3C(c3ccccc31)[C@@H]1C(=O)N(c3ccc(C)c([N+](=O)[O-])c3)C(=O)[C@H]12. The number of Topliss-reactive ketones (excluding diaryl/α,β-unsaturated/α-hetero) is 1. The first-order chi connectivity index (χ1) is 16.3. The van der Waals surface area contributed by atoms with Crippen LogP contribution in [-0.2, 0) is 19.8 Å². The molecule has 0 N–H and O–H groups in total. The summed E-state index contributed by atoms with van der Waals surface area (Å²) in [5.41, 5.74) is 2.45. The van der Waals surface area contributed by atoms with E-state index in [0.29, 0.717) is 5.56 Å². The van der Waals surface area contributed by atoms with Crippen molar-refractivity contribution >= 4 is 29.0 Å². The van der Waals surface area contributed by atoms with Crippen LogP contribution in [0.2, 0.25) is 0 Å². The minimum atomic E-state index is -1.29. The molecule has 1 fully saturated rings. The number of rotatable bonds is 3. The number of amides is 2. The summed E-state index contributed by atoms with van der Waals surface area (Å²) in [6.07, 6.45) is 0. The van der Waals surface area contributed by atoms with Crippen LogP contribution in [0.3, 0.4) is 0 Å². The molecule has 3 aromatic carbocycles. The average Bonchev–Trinajstić information content (AvgIpc) is 3.10. The fourth-order valence-electron chi connectivity index (χ4n) is 6.56. The molecule has 0 unspecified atom stereocenters. The van der Waals surface area contributed by atoms with E-state index in [0.717, 1.165) is 27.2 Å². The molecule has 3 aliphatic carbocycles. The van der Waals surface area contributed by atoms with Crippen molar-refractivity contribution in [2.75, 3.05) is 4.90 Å². The number of ketones is 1. The van der Waals surface area contributed by atoms with E-state index in [4.69, 9.17) is 0 Å². The largest absolute Gasteiger partial charge is 0.299 e. The van der Waals surface area contributed by atoms with Crippen LogP contribution in [0.1, 0.15) is 40.7 Å². The van der Waals surface area contributed by atoms with Crippen molar-refractivity contribution in [3.63, 3.8) is 0 Å². The van der Waals surface area contributed by atoms with Crippen molar-refractivity contribution < 1.29 is 19.3 Å². The molecule has 2 bridgehead atoms. The van der Waals surface area contributed by atoms with Crippen LogP contribution in [-0.4, -0.2) is 22.5 Å². The van der Waals surface area contributed by atoms with Crippen LogP contribution in [0.25, 0.3) is 0 Å². The monoisotopic (exact) mass is 452 g/mol. The van der Waals surface area contributed by atoms with E-state index in [-0.39, 0.29) is 23.1 Å². The van der Waals surface area contributed by atoms with Crippen molar-refractivity contribution in [3.8, 4) is 0 Å². The lowest BCUT2D eigenvalue weighted by molar-refractivity contribution is -0.385. The first kappa shape index (κ1) is 20.5. The minimum Gasteiger partial charge on any atom is -0.299 e. The van der Waals surface area contributed by atoms with Crippen LogP contribution in [0, 0.1) is 28.9 Å². The second-order valence-corrected chi connectivity index (χ2v) is 9.26. The number of aryl methyl sites for hydroxylation is 1. The van der Waals surface area contributed by atoms with Gasteiger partial charge in [-0.3, -0.25) is 24.5 Å². The number of carbonyl (C=O) groups excluding carboxylic acids is 3. The molecule has 1 heterocycles. The van der Waals surface area contributed by atoms with Crippen LogP contribution in [0.5, 0.6) is 0 Å². The van der Waals surface area contributed by atoms with E-state index in [2.05, 4.69) is 0 Å². The quantitative estimate of drug-likeness (QED) is 0.339. The molecule has 0 radical (unpaired) electrons. The van der Waals surface area contributed by atoms with Crippen LogP contribution in [0.15, 0.2) is 66.7 Å². The number of hydrogen-bond donors (Lipinski definition) is 0. The van der Waals surface area contributed by atoms with Gasteiger partial charge in [0.05, 0.1) is 27.9 Å². The Kier molecular flexibility index (Phi) is 4.03. The van der Waals surface area contributed by atoms with Gasteiger partial charge in [-0.15, -0.1) is 0 Å². The molecule has 168 valence electrons. The number of imide groups is 1. The zero-order valence-corrected chi connectivity index (χ0v) is 18.5. The predicted molar refractivity (Wildman–Crippen MR) is 123 cm³/mol. The summed E-state index contributed by atoms with van der Waals surface area (Å²) >= 11 is 0. The maximum atomic E-state index is 14.0. The first-order valence-electron chi connectivity index (χ1n) is 11.1. The standard InChI is InChI=1S/C27H20N2O5/c1-14-11-12-16(13-21(14)29(33)34)28-25(31)23-22-17-7-3-5-9-19(17)27(15(2)30,24(23)26(28)32)20-10-6-4-8-18(20)22/h3-13,22-24H,1-2H3/t22?,23-,24-,27?/m0/s1. The Bertz CT molecular complexity index is 1410. The van der Waals surface area contributed by atoms with Crippen molar-refractivity contribution in [2.24, 2.45) is 11.8 Å². The number of carbonyl (C=O) groups is 3. The molecule has 7 rings (SSSR count). The summed E-state index contributed by atoms with van der Waals surface area (Å²) in [6.45, 7) is 3.08. The molecule has 0 spiro atoms. The Morgan fingerprint density at radius 1 is 0.941 bits per heavy atom. The van der Waals surface area contributed by atoms with E-state index in [9.17, 15) is 24.5 Å². The number of anilines is 1. The second-order valence-electron chi connectivity index (χ2n) is 9.26. The highest BCUT2D eigenvalue weighted by atomic mass is 16.6. The third-order valence-electron chi connectivity index (χ3n) is 7.82. The van der Waals surface area contributed by atoms with Gasteiger partial charge in [-0.25, -0.2) is 4.90 Å². The van der Waals surface area contributed by atoms with Gasteiger partial charge in [0.25, 0.3) is 5.69 Å². The van der Waals surface area contributed by atoms with Gasteiger partial charge in [-0.05, 0) is 42.2 Å². The molecule has 1 aliphatic heterocycles. The van der Waals surface area contributed by atoms with E-state index < -0.39 is 34.0 Å². The third-order valence-corrected chi connectivity index (χ3v) is 7.82. The Morgan fingerprint density at radius 2 is 1.53 bits per heavy atom. The lowest BCUT2D eigenvalue weighted by Crippen LogP contribution is -2.57.